The van der Waals surface area contributed by atoms with Crippen LogP contribution in [-0.2, 0) is 11.3 Å². The van der Waals surface area contributed by atoms with Crippen molar-refractivity contribution in [3.05, 3.63) is 53.6 Å². The standard InChI is InChI=1S/C26H36N4O4/c1-5-30(6-2)26(32)21-8-7-9-22(17-21)27-25(31)19-29-14-12-28(13-15-29)18-20-10-11-23(33-3)24(16-20)34-4/h7-11,16-17H,5-6,12-15,18-19H2,1-4H3,(H,27,31). The van der Waals surface area contributed by atoms with Gasteiger partial charge in [0, 0.05) is 57.1 Å². The van der Waals surface area contributed by atoms with Crippen molar-refractivity contribution in [3.63, 3.8) is 0 Å². The van der Waals surface area contributed by atoms with Crippen molar-refractivity contribution in [1.29, 1.82) is 0 Å². The lowest BCUT2D eigenvalue weighted by molar-refractivity contribution is -0.117. The van der Waals surface area contributed by atoms with E-state index in [0.717, 1.165) is 44.2 Å². The lowest BCUT2D eigenvalue weighted by Gasteiger charge is -2.34. The van der Waals surface area contributed by atoms with E-state index in [2.05, 4.69) is 21.2 Å². The molecule has 8 nitrogen and oxygen atoms in total. The molecule has 0 atom stereocenters. The number of carbonyl (C=O) groups is 2. The SMILES string of the molecule is CCN(CC)C(=O)c1cccc(NC(=O)CN2CCN(Cc3ccc(OC)c(OC)c3)CC2)c1. The second-order valence-corrected chi connectivity index (χ2v) is 8.35. The van der Waals surface area contributed by atoms with Crippen molar-refractivity contribution < 1.29 is 19.1 Å². The third-order valence-corrected chi connectivity index (χ3v) is 6.13. The molecule has 0 aliphatic carbocycles. The first-order valence-electron chi connectivity index (χ1n) is 11.8. The molecule has 0 radical (unpaired) electrons. The van der Waals surface area contributed by atoms with Crippen LogP contribution >= 0.6 is 0 Å². The maximum atomic E-state index is 12.6. The highest BCUT2D eigenvalue weighted by Crippen LogP contribution is 2.28. The van der Waals surface area contributed by atoms with Crippen LogP contribution < -0.4 is 14.8 Å². The normalized spacial score (nSPS) is 14.5. The number of nitrogens with one attached hydrogen (secondary N) is 1. The number of piperazine rings is 1. The summed E-state index contributed by atoms with van der Waals surface area (Å²) in [6, 6.07) is 13.2. The number of carbonyl (C=O) groups excluding carboxylic acids is 2. The average molecular weight is 469 g/mol. The highest BCUT2D eigenvalue weighted by Gasteiger charge is 2.20. The number of methoxy groups -OCH3 is 2. The van der Waals surface area contributed by atoms with Gasteiger partial charge in [-0.3, -0.25) is 19.4 Å². The molecule has 0 bridgehead atoms. The first-order valence-corrected chi connectivity index (χ1v) is 11.8. The van der Waals surface area contributed by atoms with Crippen LogP contribution in [0.15, 0.2) is 42.5 Å². The molecular formula is C26H36N4O4. The second-order valence-electron chi connectivity index (χ2n) is 8.35. The number of hydrogen-bond acceptors (Lipinski definition) is 6. The molecule has 1 N–H and O–H groups in total. The highest BCUT2D eigenvalue weighted by atomic mass is 16.5. The van der Waals surface area contributed by atoms with Crippen LogP contribution in [-0.4, -0.2) is 86.5 Å². The largest absolute Gasteiger partial charge is 0.493 e. The van der Waals surface area contributed by atoms with Crippen LogP contribution in [0.5, 0.6) is 11.5 Å². The maximum absolute atomic E-state index is 12.6. The minimum atomic E-state index is -0.0687. The van der Waals surface area contributed by atoms with E-state index < -0.39 is 0 Å². The first-order chi connectivity index (χ1) is 16.5. The minimum Gasteiger partial charge on any atom is -0.493 e. The van der Waals surface area contributed by atoms with E-state index in [0.29, 0.717) is 30.9 Å². The summed E-state index contributed by atoms with van der Waals surface area (Å²) in [6.07, 6.45) is 0. The maximum Gasteiger partial charge on any atom is 0.253 e. The van der Waals surface area contributed by atoms with Gasteiger partial charge in [0.25, 0.3) is 5.91 Å². The van der Waals surface area contributed by atoms with Gasteiger partial charge in [-0.05, 0) is 49.7 Å². The third-order valence-electron chi connectivity index (χ3n) is 6.13. The zero-order valence-electron chi connectivity index (χ0n) is 20.7. The number of anilines is 1. The van der Waals surface area contributed by atoms with Crippen LogP contribution in [0.2, 0.25) is 0 Å². The van der Waals surface area contributed by atoms with E-state index in [-0.39, 0.29) is 11.8 Å². The molecule has 0 saturated carbocycles. The molecule has 184 valence electrons. The zero-order chi connectivity index (χ0) is 24.5. The van der Waals surface area contributed by atoms with E-state index in [1.54, 1.807) is 37.3 Å². The summed E-state index contributed by atoms with van der Waals surface area (Å²) in [6.45, 7) is 9.80. The van der Waals surface area contributed by atoms with E-state index in [1.807, 2.05) is 32.0 Å². The van der Waals surface area contributed by atoms with Crippen molar-refractivity contribution in [2.75, 3.05) is 65.3 Å². The number of amides is 2. The van der Waals surface area contributed by atoms with Crippen LogP contribution in [0.25, 0.3) is 0 Å². The van der Waals surface area contributed by atoms with Gasteiger partial charge in [-0.25, -0.2) is 0 Å². The predicted molar refractivity (Wildman–Crippen MR) is 134 cm³/mol. The van der Waals surface area contributed by atoms with Crippen molar-refractivity contribution >= 4 is 17.5 Å². The predicted octanol–water partition coefficient (Wildman–Crippen LogP) is 2.94. The Hall–Kier alpha value is -3.10. The minimum absolute atomic E-state index is 0.0216. The molecule has 2 amide bonds. The Morgan fingerprint density at radius 1 is 0.912 bits per heavy atom. The summed E-state index contributed by atoms with van der Waals surface area (Å²) in [5, 5.41) is 2.94. The number of ether oxygens (including phenoxy) is 2. The van der Waals surface area contributed by atoms with Gasteiger partial charge < -0.3 is 19.7 Å². The summed E-state index contributed by atoms with van der Waals surface area (Å²) in [5.74, 6) is 1.37. The first kappa shape index (κ1) is 25.5. The molecule has 1 fully saturated rings. The summed E-state index contributed by atoms with van der Waals surface area (Å²) < 4.78 is 10.7. The lowest BCUT2D eigenvalue weighted by atomic mass is 10.1. The monoisotopic (exact) mass is 468 g/mol. The van der Waals surface area contributed by atoms with E-state index >= 15 is 0 Å². The van der Waals surface area contributed by atoms with Crippen LogP contribution in [0.3, 0.4) is 0 Å². The molecule has 2 aromatic rings. The van der Waals surface area contributed by atoms with Crippen LogP contribution in [0.4, 0.5) is 5.69 Å². The summed E-state index contributed by atoms with van der Waals surface area (Å²) in [7, 11) is 3.28. The summed E-state index contributed by atoms with van der Waals surface area (Å²) in [5.41, 5.74) is 2.41. The van der Waals surface area contributed by atoms with E-state index in [4.69, 9.17) is 9.47 Å². The van der Waals surface area contributed by atoms with Gasteiger partial charge in [0.15, 0.2) is 11.5 Å². The van der Waals surface area contributed by atoms with Crippen molar-refractivity contribution in [2.45, 2.75) is 20.4 Å². The molecule has 1 aliphatic heterocycles. The van der Waals surface area contributed by atoms with Gasteiger partial charge in [0.05, 0.1) is 20.8 Å². The Kier molecular flexibility index (Phi) is 9.30. The number of rotatable bonds is 10. The molecule has 1 heterocycles. The Bertz CT molecular complexity index is 969. The molecule has 8 heteroatoms. The molecule has 1 aliphatic rings. The number of nitrogens with zero attached hydrogens (tertiary/aromatic N) is 3. The van der Waals surface area contributed by atoms with Crippen LogP contribution in [0.1, 0.15) is 29.8 Å². The Labute approximate surface area is 202 Å². The summed E-state index contributed by atoms with van der Waals surface area (Å²) >= 11 is 0. The van der Waals surface area contributed by atoms with Gasteiger partial charge in [-0.15, -0.1) is 0 Å². The fourth-order valence-corrected chi connectivity index (χ4v) is 4.17. The zero-order valence-corrected chi connectivity index (χ0v) is 20.7. The molecule has 2 aromatic carbocycles. The van der Waals surface area contributed by atoms with Gasteiger partial charge in [0.1, 0.15) is 0 Å². The molecular weight excluding hydrogens is 432 g/mol. The fraction of sp³-hybridized carbons (Fsp3) is 0.462. The molecule has 0 spiro atoms. The molecule has 0 aromatic heterocycles. The van der Waals surface area contributed by atoms with Gasteiger partial charge in [0.2, 0.25) is 5.91 Å². The Morgan fingerprint density at radius 3 is 2.24 bits per heavy atom. The molecule has 1 saturated heterocycles. The highest BCUT2D eigenvalue weighted by molar-refractivity contribution is 5.97. The van der Waals surface area contributed by atoms with E-state index in [1.165, 1.54) is 5.56 Å². The van der Waals surface area contributed by atoms with Crippen molar-refractivity contribution in [3.8, 4) is 11.5 Å². The fourth-order valence-electron chi connectivity index (χ4n) is 4.17. The summed E-state index contributed by atoms with van der Waals surface area (Å²) in [4.78, 5) is 31.5. The molecule has 34 heavy (non-hydrogen) atoms. The molecule has 0 unspecified atom stereocenters. The lowest BCUT2D eigenvalue weighted by Crippen LogP contribution is -2.48. The Morgan fingerprint density at radius 2 is 1.59 bits per heavy atom. The van der Waals surface area contributed by atoms with Gasteiger partial charge >= 0.3 is 0 Å². The van der Waals surface area contributed by atoms with Gasteiger partial charge in [-0.2, -0.15) is 0 Å². The van der Waals surface area contributed by atoms with E-state index in [9.17, 15) is 9.59 Å². The average Bonchev–Trinajstić information content (AvgIpc) is 2.86. The smallest absolute Gasteiger partial charge is 0.253 e. The number of hydrogen-bond donors (Lipinski definition) is 1. The van der Waals surface area contributed by atoms with Crippen LogP contribution in [0, 0.1) is 0 Å². The van der Waals surface area contributed by atoms with Gasteiger partial charge in [-0.1, -0.05) is 12.1 Å². The quantitative estimate of drug-likeness (QED) is 0.578. The molecule has 3 rings (SSSR count). The van der Waals surface area contributed by atoms with Crippen molar-refractivity contribution in [2.24, 2.45) is 0 Å². The Balaban J connectivity index is 1.48. The second kappa shape index (κ2) is 12.4. The van der Waals surface area contributed by atoms with Crippen molar-refractivity contribution in [1.82, 2.24) is 14.7 Å². The topological polar surface area (TPSA) is 74.4 Å². The number of benzene rings is 2. The third kappa shape index (κ3) is 6.71.